The number of hydrogen-bond donors (Lipinski definition) is 2. The van der Waals surface area contributed by atoms with Crippen LogP contribution < -0.4 is 14.8 Å². The summed E-state index contributed by atoms with van der Waals surface area (Å²) in [4.78, 5) is 15.3. The number of sulfonamides is 1. The number of rotatable bonds is 8. The number of nitrogens with one attached hydrogen (secondary N) is 2. The highest BCUT2D eigenvalue weighted by molar-refractivity contribution is 7.89. The van der Waals surface area contributed by atoms with Crippen molar-refractivity contribution in [3.05, 3.63) is 35.4 Å². The predicted molar refractivity (Wildman–Crippen MR) is 113 cm³/mol. The number of likely N-dealkylation sites (tertiary alicyclic amines) is 1. The summed E-state index contributed by atoms with van der Waals surface area (Å²) in [6.07, 6.45) is 9.47. The van der Waals surface area contributed by atoms with Crippen LogP contribution in [0, 0.1) is 0 Å². The molecule has 2 aliphatic rings. The average Bonchev–Trinajstić information content (AvgIpc) is 3.19. The first kappa shape index (κ1) is 21.8. The van der Waals surface area contributed by atoms with Crippen molar-refractivity contribution in [2.75, 3.05) is 33.8 Å². The lowest BCUT2D eigenvalue weighted by Gasteiger charge is -2.27. The van der Waals surface area contributed by atoms with Gasteiger partial charge in [-0.1, -0.05) is 11.6 Å². The molecule has 1 unspecified atom stereocenters. The molecule has 1 aromatic carbocycles. The predicted octanol–water partition coefficient (Wildman–Crippen LogP) is 2.30. The lowest BCUT2D eigenvalue weighted by Crippen LogP contribution is -2.41. The molecule has 0 bridgehead atoms. The Morgan fingerprint density at radius 2 is 2.10 bits per heavy atom. The number of amides is 1. The number of nitrogens with zero attached hydrogens (tertiary/aromatic N) is 1. The molecule has 1 fully saturated rings. The topological polar surface area (TPSA) is 87.7 Å². The van der Waals surface area contributed by atoms with E-state index in [1.807, 2.05) is 0 Å². The first-order valence-electron chi connectivity index (χ1n) is 10.3. The van der Waals surface area contributed by atoms with Gasteiger partial charge in [-0.05, 0) is 70.3 Å². The van der Waals surface area contributed by atoms with Crippen molar-refractivity contribution in [3.8, 4) is 5.75 Å². The monoisotopic (exact) mass is 421 g/mol. The van der Waals surface area contributed by atoms with Crippen molar-refractivity contribution in [2.24, 2.45) is 0 Å². The van der Waals surface area contributed by atoms with Crippen LogP contribution in [0.25, 0.3) is 0 Å². The Morgan fingerprint density at radius 3 is 2.79 bits per heavy atom. The van der Waals surface area contributed by atoms with Crippen molar-refractivity contribution in [1.82, 2.24) is 14.9 Å². The molecule has 1 aliphatic heterocycles. The van der Waals surface area contributed by atoms with Crippen LogP contribution in [0.15, 0.2) is 34.7 Å². The molecular formula is C21H31N3O4S. The van der Waals surface area contributed by atoms with Crippen LogP contribution in [0.5, 0.6) is 5.75 Å². The molecular weight excluding hydrogens is 390 g/mol. The molecule has 0 saturated carbocycles. The van der Waals surface area contributed by atoms with Gasteiger partial charge in [-0.3, -0.25) is 9.69 Å². The maximum atomic E-state index is 12.8. The molecule has 0 spiro atoms. The number of carbonyl (C=O) groups is 1. The normalized spacial score (nSPS) is 20.3. The summed E-state index contributed by atoms with van der Waals surface area (Å²) < 4.78 is 31.7. The van der Waals surface area contributed by atoms with Gasteiger partial charge in [0.15, 0.2) is 0 Å². The van der Waals surface area contributed by atoms with Gasteiger partial charge in [-0.2, -0.15) is 0 Å². The second-order valence-corrected chi connectivity index (χ2v) is 9.54. The van der Waals surface area contributed by atoms with Gasteiger partial charge in [-0.15, -0.1) is 0 Å². The maximum Gasteiger partial charge on any atom is 0.255 e. The highest BCUT2D eigenvalue weighted by atomic mass is 32.2. The maximum absolute atomic E-state index is 12.8. The SMILES string of the molecule is CNS(=O)(=O)c1ccc(OC)c(C(=O)NCC2CCCN2CC2=CCCCC2)c1. The fourth-order valence-electron chi connectivity index (χ4n) is 4.10. The van der Waals surface area contributed by atoms with E-state index in [0.29, 0.717) is 18.3 Å². The zero-order chi connectivity index (χ0) is 20.9. The van der Waals surface area contributed by atoms with Gasteiger partial charge in [0, 0.05) is 19.1 Å². The first-order valence-corrected chi connectivity index (χ1v) is 11.7. The molecule has 1 saturated heterocycles. The van der Waals surface area contributed by atoms with Crippen LogP contribution in [0.3, 0.4) is 0 Å². The third-order valence-electron chi connectivity index (χ3n) is 5.78. The quantitative estimate of drug-likeness (QED) is 0.629. The van der Waals surface area contributed by atoms with Crippen molar-refractivity contribution < 1.29 is 17.9 Å². The first-order chi connectivity index (χ1) is 13.9. The van der Waals surface area contributed by atoms with Crippen LogP contribution in [-0.4, -0.2) is 59.1 Å². The minimum atomic E-state index is -3.64. The van der Waals surface area contributed by atoms with Crippen molar-refractivity contribution in [2.45, 2.75) is 49.5 Å². The third-order valence-corrected chi connectivity index (χ3v) is 7.20. The van der Waals surface area contributed by atoms with Crippen molar-refractivity contribution >= 4 is 15.9 Å². The highest BCUT2D eigenvalue weighted by Crippen LogP contribution is 2.25. The lowest BCUT2D eigenvalue weighted by atomic mass is 9.99. The molecule has 1 aromatic rings. The summed E-state index contributed by atoms with van der Waals surface area (Å²) in [5.74, 6) is 0.0342. The number of methoxy groups -OCH3 is 1. The van der Waals surface area contributed by atoms with E-state index >= 15 is 0 Å². The Morgan fingerprint density at radius 1 is 1.28 bits per heavy atom. The second kappa shape index (κ2) is 9.73. The molecule has 1 atom stereocenters. The van der Waals surface area contributed by atoms with Crippen LogP contribution in [-0.2, 0) is 10.0 Å². The van der Waals surface area contributed by atoms with Crippen molar-refractivity contribution in [3.63, 3.8) is 0 Å². The van der Waals surface area contributed by atoms with Crippen LogP contribution >= 0.6 is 0 Å². The van der Waals surface area contributed by atoms with E-state index < -0.39 is 10.0 Å². The largest absolute Gasteiger partial charge is 0.496 e. The third kappa shape index (κ3) is 5.38. The smallest absolute Gasteiger partial charge is 0.255 e. The van der Waals surface area contributed by atoms with E-state index in [-0.39, 0.29) is 16.4 Å². The molecule has 2 N–H and O–H groups in total. The van der Waals surface area contributed by atoms with E-state index in [1.54, 1.807) is 0 Å². The molecule has 1 aliphatic carbocycles. The van der Waals surface area contributed by atoms with Crippen LogP contribution in [0.1, 0.15) is 48.9 Å². The molecule has 7 nitrogen and oxygen atoms in total. The van der Waals surface area contributed by atoms with E-state index in [0.717, 1.165) is 25.9 Å². The molecule has 0 radical (unpaired) electrons. The minimum absolute atomic E-state index is 0.0395. The standard InChI is InChI=1S/C21H31N3O4S/c1-22-29(26,27)18-10-11-20(28-2)19(13-18)21(25)23-14-17-9-6-12-24(17)15-16-7-4-3-5-8-16/h7,10-11,13,17,22H,3-6,8-9,12,14-15H2,1-2H3,(H,23,25). The number of hydrogen-bond acceptors (Lipinski definition) is 5. The summed E-state index contributed by atoms with van der Waals surface area (Å²) >= 11 is 0. The fraction of sp³-hybridized carbons (Fsp3) is 0.571. The molecule has 8 heteroatoms. The summed E-state index contributed by atoms with van der Waals surface area (Å²) in [6.45, 7) is 2.58. The van der Waals surface area contributed by atoms with E-state index in [1.165, 1.54) is 63.6 Å². The summed E-state index contributed by atoms with van der Waals surface area (Å²) in [5.41, 5.74) is 1.74. The number of ether oxygens (including phenoxy) is 1. The number of benzene rings is 1. The van der Waals surface area contributed by atoms with Crippen molar-refractivity contribution in [1.29, 1.82) is 0 Å². The Hall–Kier alpha value is -1.90. The van der Waals surface area contributed by atoms with E-state index in [2.05, 4.69) is 21.0 Å². The second-order valence-electron chi connectivity index (χ2n) is 7.65. The highest BCUT2D eigenvalue weighted by Gasteiger charge is 2.26. The Kier molecular flexibility index (Phi) is 7.32. The number of allylic oxidation sites excluding steroid dienone is 1. The Bertz CT molecular complexity index is 867. The zero-order valence-electron chi connectivity index (χ0n) is 17.2. The van der Waals surface area contributed by atoms with Crippen LogP contribution in [0.2, 0.25) is 0 Å². The summed E-state index contributed by atoms with van der Waals surface area (Å²) in [7, 11) is -0.825. The van der Waals surface area contributed by atoms with Crippen LogP contribution in [0.4, 0.5) is 0 Å². The Balaban J connectivity index is 1.66. The molecule has 1 amide bonds. The van der Waals surface area contributed by atoms with Gasteiger partial charge in [0.2, 0.25) is 10.0 Å². The van der Waals surface area contributed by atoms with Gasteiger partial charge < -0.3 is 10.1 Å². The van der Waals surface area contributed by atoms with Gasteiger partial charge >= 0.3 is 0 Å². The van der Waals surface area contributed by atoms with E-state index in [4.69, 9.17) is 4.74 Å². The van der Waals surface area contributed by atoms with E-state index in [9.17, 15) is 13.2 Å². The molecule has 0 aromatic heterocycles. The molecule has 1 heterocycles. The van der Waals surface area contributed by atoms with Gasteiger partial charge in [-0.25, -0.2) is 13.1 Å². The Labute approximate surface area is 173 Å². The number of carbonyl (C=O) groups excluding carboxylic acids is 1. The zero-order valence-corrected chi connectivity index (χ0v) is 18.1. The summed E-state index contributed by atoms with van der Waals surface area (Å²) in [5, 5.41) is 2.98. The molecule has 29 heavy (non-hydrogen) atoms. The lowest BCUT2D eigenvalue weighted by molar-refractivity contribution is 0.0938. The minimum Gasteiger partial charge on any atom is -0.496 e. The average molecular weight is 422 g/mol. The van der Waals surface area contributed by atoms with Gasteiger partial charge in [0.25, 0.3) is 5.91 Å². The molecule has 160 valence electrons. The summed E-state index contributed by atoms with van der Waals surface area (Å²) in [6, 6.07) is 4.60. The van der Waals surface area contributed by atoms with Gasteiger partial charge in [0.05, 0.1) is 17.6 Å². The molecule has 3 rings (SSSR count). The fourth-order valence-corrected chi connectivity index (χ4v) is 4.85. The van der Waals surface area contributed by atoms with Gasteiger partial charge in [0.1, 0.15) is 5.75 Å².